The summed E-state index contributed by atoms with van der Waals surface area (Å²) in [4.78, 5) is 23.6. The van der Waals surface area contributed by atoms with Gasteiger partial charge in [0, 0.05) is 12.2 Å². The predicted octanol–water partition coefficient (Wildman–Crippen LogP) is 2.99. The first-order valence-corrected chi connectivity index (χ1v) is 7.37. The topological polar surface area (TPSA) is 58.2 Å². The van der Waals surface area contributed by atoms with E-state index in [1.165, 1.54) is 24.3 Å². The molecule has 0 saturated carbocycles. The molecule has 0 heterocycles. The molecule has 0 radical (unpaired) electrons. The van der Waals surface area contributed by atoms with E-state index in [0.717, 1.165) is 11.1 Å². The quantitative estimate of drug-likeness (QED) is 0.852. The third kappa shape index (κ3) is 4.92. The fourth-order valence-electron chi connectivity index (χ4n) is 2.14. The van der Waals surface area contributed by atoms with Crippen molar-refractivity contribution in [2.24, 2.45) is 0 Å². The molecule has 2 amide bonds. The van der Waals surface area contributed by atoms with E-state index in [1.807, 2.05) is 32.0 Å². The van der Waals surface area contributed by atoms with Crippen LogP contribution in [0.5, 0.6) is 0 Å². The van der Waals surface area contributed by atoms with Crippen LogP contribution in [0, 0.1) is 12.7 Å². The summed E-state index contributed by atoms with van der Waals surface area (Å²) in [5, 5.41) is 5.03. The molecule has 120 valence electrons. The smallest absolute Gasteiger partial charge is 0.313 e. The van der Waals surface area contributed by atoms with Crippen molar-refractivity contribution in [3.8, 4) is 0 Å². The van der Waals surface area contributed by atoms with Crippen molar-refractivity contribution >= 4 is 17.5 Å². The highest BCUT2D eigenvalue weighted by molar-refractivity contribution is 6.39. The normalized spacial score (nSPS) is 11.6. The maximum absolute atomic E-state index is 12.8. The van der Waals surface area contributed by atoms with Crippen LogP contribution in [0.3, 0.4) is 0 Å². The first kappa shape index (κ1) is 16.7. The van der Waals surface area contributed by atoms with E-state index in [0.29, 0.717) is 12.2 Å². The Hall–Kier alpha value is -2.69. The van der Waals surface area contributed by atoms with Gasteiger partial charge in [-0.05, 0) is 42.7 Å². The molecule has 0 spiro atoms. The van der Waals surface area contributed by atoms with E-state index < -0.39 is 17.6 Å². The number of nitrogens with one attached hydrogen (secondary N) is 2. The maximum Gasteiger partial charge on any atom is 0.313 e. The summed E-state index contributed by atoms with van der Waals surface area (Å²) in [6.45, 7) is 4.34. The standard InChI is InChI=1S/C18H19FN2O2/c1-12-4-3-5-14(10-12)13(2)11-20-17(22)18(23)21-16-8-6-15(19)7-9-16/h3-10,13H,11H2,1-2H3,(H,20,22)(H,21,23). The molecule has 0 saturated heterocycles. The Morgan fingerprint density at radius 1 is 1.09 bits per heavy atom. The molecule has 2 rings (SSSR count). The van der Waals surface area contributed by atoms with Gasteiger partial charge in [-0.15, -0.1) is 0 Å². The number of carbonyl (C=O) groups excluding carboxylic acids is 2. The zero-order valence-corrected chi connectivity index (χ0v) is 13.1. The maximum atomic E-state index is 12.8. The molecular weight excluding hydrogens is 295 g/mol. The summed E-state index contributed by atoms with van der Waals surface area (Å²) in [6.07, 6.45) is 0. The van der Waals surface area contributed by atoms with Crippen LogP contribution in [-0.4, -0.2) is 18.4 Å². The second-order valence-electron chi connectivity index (χ2n) is 5.49. The number of amides is 2. The lowest BCUT2D eigenvalue weighted by Crippen LogP contribution is -2.37. The Morgan fingerprint density at radius 2 is 1.78 bits per heavy atom. The summed E-state index contributed by atoms with van der Waals surface area (Å²) in [6, 6.07) is 13.2. The Bertz CT molecular complexity index is 698. The second-order valence-corrected chi connectivity index (χ2v) is 5.49. The third-order valence-electron chi connectivity index (χ3n) is 3.49. The van der Waals surface area contributed by atoms with Crippen molar-refractivity contribution < 1.29 is 14.0 Å². The van der Waals surface area contributed by atoms with E-state index in [4.69, 9.17) is 0 Å². The molecule has 0 fully saturated rings. The minimum Gasteiger partial charge on any atom is -0.347 e. The fraction of sp³-hybridized carbons (Fsp3) is 0.222. The van der Waals surface area contributed by atoms with E-state index in [9.17, 15) is 14.0 Å². The lowest BCUT2D eigenvalue weighted by molar-refractivity contribution is -0.136. The summed E-state index contributed by atoms with van der Waals surface area (Å²) in [5.41, 5.74) is 2.62. The minimum absolute atomic E-state index is 0.0949. The molecule has 23 heavy (non-hydrogen) atoms. The minimum atomic E-state index is -0.770. The highest BCUT2D eigenvalue weighted by Crippen LogP contribution is 2.15. The van der Waals surface area contributed by atoms with Gasteiger partial charge < -0.3 is 10.6 Å². The van der Waals surface area contributed by atoms with E-state index in [-0.39, 0.29) is 5.92 Å². The third-order valence-corrected chi connectivity index (χ3v) is 3.49. The average Bonchev–Trinajstić information content (AvgIpc) is 2.54. The molecule has 0 aliphatic carbocycles. The van der Waals surface area contributed by atoms with Crippen molar-refractivity contribution in [1.82, 2.24) is 5.32 Å². The Morgan fingerprint density at radius 3 is 2.43 bits per heavy atom. The molecule has 5 heteroatoms. The van der Waals surface area contributed by atoms with Gasteiger partial charge in [0.1, 0.15) is 5.82 Å². The molecular formula is C18H19FN2O2. The molecule has 1 atom stereocenters. The Labute approximate surface area is 134 Å². The average molecular weight is 314 g/mol. The Kier molecular flexibility index (Phi) is 5.46. The number of carbonyl (C=O) groups is 2. The van der Waals surface area contributed by atoms with Gasteiger partial charge in [-0.2, -0.15) is 0 Å². The summed E-state index contributed by atoms with van der Waals surface area (Å²) < 4.78 is 12.8. The first-order chi connectivity index (χ1) is 11.0. The summed E-state index contributed by atoms with van der Waals surface area (Å²) in [5.74, 6) is -1.79. The van der Waals surface area contributed by atoms with Crippen LogP contribution in [0.25, 0.3) is 0 Å². The van der Waals surface area contributed by atoms with Gasteiger partial charge in [0.15, 0.2) is 0 Å². The lowest BCUT2D eigenvalue weighted by atomic mass is 9.99. The van der Waals surface area contributed by atoms with Gasteiger partial charge >= 0.3 is 11.8 Å². The number of hydrogen-bond acceptors (Lipinski definition) is 2. The van der Waals surface area contributed by atoms with Crippen LogP contribution in [-0.2, 0) is 9.59 Å². The van der Waals surface area contributed by atoms with Crippen LogP contribution in [0.2, 0.25) is 0 Å². The van der Waals surface area contributed by atoms with Crippen LogP contribution >= 0.6 is 0 Å². The zero-order chi connectivity index (χ0) is 16.8. The van der Waals surface area contributed by atoms with E-state index in [2.05, 4.69) is 16.7 Å². The monoisotopic (exact) mass is 314 g/mol. The zero-order valence-electron chi connectivity index (χ0n) is 13.1. The van der Waals surface area contributed by atoms with Gasteiger partial charge in [0.25, 0.3) is 0 Å². The second kappa shape index (κ2) is 7.54. The van der Waals surface area contributed by atoms with Crippen molar-refractivity contribution in [2.45, 2.75) is 19.8 Å². The molecule has 2 aromatic rings. The van der Waals surface area contributed by atoms with Crippen LogP contribution < -0.4 is 10.6 Å². The Balaban J connectivity index is 1.86. The number of hydrogen-bond donors (Lipinski definition) is 2. The van der Waals surface area contributed by atoms with Gasteiger partial charge in [0.05, 0.1) is 0 Å². The van der Waals surface area contributed by atoms with Crippen molar-refractivity contribution in [2.75, 3.05) is 11.9 Å². The first-order valence-electron chi connectivity index (χ1n) is 7.37. The molecule has 4 nitrogen and oxygen atoms in total. The molecule has 0 aromatic heterocycles. The molecule has 0 bridgehead atoms. The molecule has 1 unspecified atom stereocenters. The van der Waals surface area contributed by atoms with Crippen molar-refractivity contribution in [1.29, 1.82) is 0 Å². The lowest BCUT2D eigenvalue weighted by Gasteiger charge is -2.13. The van der Waals surface area contributed by atoms with Crippen LogP contribution in [0.15, 0.2) is 48.5 Å². The van der Waals surface area contributed by atoms with Crippen molar-refractivity contribution in [3.05, 3.63) is 65.5 Å². The summed E-state index contributed by atoms with van der Waals surface area (Å²) in [7, 11) is 0. The predicted molar refractivity (Wildman–Crippen MR) is 87.6 cm³/mol. The largest absolute Gasteiger partial charge is 0.347 e. The van der Waals surface area contributed by atoms with Crippen molar-refractivity contribution in [3.63, 3.8) is 0 Å². The highest BCUT2D eigenvalue weighted by atomic mass is 19.1. The van der Waals surface area contributed by atoms with Gasteiger partial charge in [0.2, 0.25) is 0 Å². The number of halogens is 1. The molecule has 0 aliphatic heterocycles. The number of rotatable bonds is 4. The van der Waals surface area contributed by atoms with Gasteiger partial charge in [-0.1, -0.05) is 36.8 Å². The van der Waals surface area contributed by atoms with E-state index >= 15 is 0 Å². The highest BCUT2D eigenvalue weighted by Gasteiger charge is 2.15. The molecule has 2 N–H and O–H groups in total. The van der Waals surface area contributed by atoms with Crippen LogP contribution in [0.1, 0.15) is 24.0 Å². The molecule has 2 aromatic carbocycles. The fourth-order valence-corrected chi connectivity index (χ4v) is 2.14. The van der Waals surface area contributed by atoms with E-state index in [1.54, 1.807) is 0 Å². The SMILES string of the molecule is Cc1cccc(C(C)CNC(=O)C(=O)Nc2ccc(F)cc2)c1. The van der Waals surface area contributed by atoms with Gasteiger partial charge in [-0.3, -0.25) is 9.59 Å². The van der Waals surface area contributed by atoms with Gasteiger partial charge in [-0.25, -0.2) is 4.39 Å². The molecule has 0 aliphatic rings. The number of anilines is 1. The van der Waals surface area contributed by atoms with Crippen LogP contribution in [0.4, 0.5) is 10.1 Å². The number of benzene rings is 2. The number of aryl methyl sites for hydroxylation is 1. The summed E-state index contributed by atoms with van der Waals surface area (Å²) >= 11 is 0.